The number of hydrogen-bond acceptors (Lipinski definition) is 15. The number of carboxylic acid groups (broad SMARTS) is 3. The number of nitrogens with one attached hydrogen (secondary N) is 5. The number of amides is 4. The number of aromatic nitrogens is 4. The molecule has 3 aromatic rings. The number of thiazole rings is 1. The number of nitrogens with zero attached hydrogens (tertiary/aromatic N) is 4. The Hall–Kier alpha value is -5.82. The van der Waals surface area contributed by atoms with Crippen LogP contribution in [0.15, 0.2) is 35.8 Å². The monoisotopic (exact) mass is 909 g/mol. The summed E-state index contributed by atoms with van der Waals surface area (Å²) < 4.78 is 35.6. The first-order chi connectivity index (χ1) is 30.4. The van der Waals surface area contributed by atoms with Crippen LogP contribution in [0.1, 0.15) is 50.6 Å². The highest BCUT2D eigenvalue weighted by Gasteiger charge is 2.25. The van der Waals surface area contributed by atoms with E-state index in [1.54, 1.807) is 24.4 Å². The molecule has 0 fully saturated rings. The minimum atomic E-state index is -1.48. The summed E-state index contributed by atoms with van der Waals surface area (Å²) in [6.45, 7) is 3.01. The fraction of sp³-hybridized carbons (Fsp3) is 0.564. The van der Waals surface area contributed by atoms with E-state index in [0.717, 1.165) is 5.56 Å². The summed E-state index contributed by atoms with van der Waals surface area (Å²) in [5.41, 5.74) is 2.71. The Morgan fingerprint density at radius 1 is 0.778 bits per heavy atom. The SMILES string of the molecule is O=C(O)CC[C@H](NC(=O)N[C@@H](CCCCNc1nc(-c2cccc(NC(=O)CCOCCOCCOCCOCCNC(=O)Cn3cc(CCCF)nn3)c2)cs1)C(=O)O)C(=O)O. The van der Waals surface area contributed by atoms with Gasteiger partial charge >= 0.3 is 23.9 Å². The quantitative estimate of drug-likeness (QED) is 0.0392. The van der Waals surface area contributed by atoms with Gasteiger partial charge in [-0.1, -0.05) is 17.3 Å². The van der Waals surface area contributed by atoms with Crippen molar-refractivity contribution in [1.82, 2.24) is 35.9 Å². The van der Waals surface area contributed by atoms with Gasteiger partial charge in [0.25, 0.3) is 0 Å². The molecule has 0 spiro atoms. The molecule has 0 saturated heterocycles. The van der Waals surface area contributed by atoms with Crippen molar-refractivity contribution in [2.75, 3.05) is 83.3 Å². The Labute approximate surface area is 366 Å². The Bertz CT molecular complexity index is 1870. The normalized spacial score (nSPS) is 12.0. The van der Waals surface area contributed by atoms with Crippen LogP contribution in [0.4, 0.5) is 20.0 Å². The average molecular weight is 910 g/mol. The summed E-state index contributed by atoms with van der Waals surface area (Å²) >= 11 is 1.37. The van der Waals surface area contributed by atoms with E-state index in [9.17, 15) is 43.4 Å². The van der Waals surface area contributed by atoms with E-state index < -0.39 is 49.1 Å². The molecule has 1 aromatic carbocycles. The van der Waals surface area contributed by atoms with Gasteiger partial charge in [0.15, 0.2) is 5.13 Å². The van der Waals surface area contributed by atoms with Gasteiger partial charge < -0.3 is 60.9 Å². The number of hydrogen-bond donors (Lipinski definition) is 8. The minimum Gasteiger partial charge on any atom is -0.481 e. The van der Waals surface area contributed by atoms with Crippen LogP contribution in [0, 0.1) is 0 Å². The highest BCUT2D eigenvalue weighted by Crippen LogP contribution is 2.27. The number of aryl methyl sites for hydroxylation is 1. The minimum absolute atomic E-state index is 0.0206. The molecule has 24 heteroatoms. The van der Waals surface area contributed by atoms with Crippen LogP contribution in [0.3, 0.4) is 0 Å². The predicted octanol–water partition coefficient (Wildman–Crippen LogP) is 2.17. The molecule has 3 rings (SSSR count). The maximum Gasteiger partial charge on any atom is 0.326 e. The number of carbonyl (C=O) groups excluding carboxylic acids is 3. The summed E-state index contributed by atoms with van der Waals surface area (Å²) in [4.78, 5) is 75.0. The van der Waals surface area contributed by atoms with Gasteiger partial charge in [0.2, 0.25) is 11.8 Å². The maximum absolute atomic E-state index is 12.5. The van der Waals surface area contributed by atoms with E-state index in [1.165, 1.54) is 16.0 Å². The van der Waals surface area contributed by atoms with E-state index >= 15 is 0 Å². The van der Waals surface area contributed by atoms with Crippen molar-refractivity contribution in [2.45, 2.75) is 70.0 Å². The molecular formula is C39H56FN9O13S. The summed E-state index contributed by atoms with van der Waals surface area (Å²) in [5, 5.41) is 50.8. The van der Waals surface area contributed by atoms with Crippen LogP contribution in [0.25, 0.3) is 11.3 Å². The van der Waals surface area contributed by atoms with Crippen LogP contribution in [-0.2, 0) is 55.9 Å². The molecule has 0 aliphatic carbocycles. The van der Waals surface area contributed by atoms with Crippen molar-refractivity contribution in [2.24, 2.45) is 0 Å². The number of ether oxygens (including phenoxy) is 4. The number of rotatable bonds is 35. The molecule has 0 bridgehead atoms. The van der Waals surface area contributed by atoms with Gasteiger partial charge in [-0.3, -0.25) is 18.8 Å². The third-order valence-electron chi connectivity index (χ3n) is 8.61. The van der Waals surface area contributed by atoms with E-state index in [2.05, 4.69) is 41.9 Å². The molecule has 0 aliphatic heterocycles. The Morgan fingerprint density at radius 3 is 2.11 bits per heavy atom. The number of alkyl halides is 1. The molecule has 63 heavy (non-hydrogen) atoms. The summed E-state index contributed by atoms with van der Waals surface area (Å²) in [7, 11) is 0. The van der Waals surface area contributed by atoms with Gasteiger partial charge in [0, 0.05) is 42.3 Å². The van der Waals surface area contributed by atoms with Gasteiger partial charge in [-0.15, -0.1) is 16.4 Å². The van der Waals surface area contributed by atoms with Gasteiger partial charge in [-0.05, 0) is 50.7 Å². The maximum atomic E-state index is 12.5. The number of unbranched alkanes of at least 4 members (excludes halogenated alkanes) is 1. The second-order valence-corrected chi connectivity index (χ2v) is 14.5. The molecular weight excluding hydrogens is 854 g/mol. The molecule has 0 aliphatic rings. The number of halogens is 1. The summed E-state index contributed by atoms with van der Waals surface area (Å²) in [6.07, 6.45) is 2.80. The number of urea groups is 1. The molecule has 2 atom stereocenters. The summed E-state index contributed by atoms with van der Waals surface area (Å²) in [6, 6.07) is 3.45. The molecule has 2 heterocycles. The fourth-order valence-corrected chi connectivity index (χ4v) is 6.20. The zero-order valence-electron chi connectivity index (χ0n) is 34.8. The molecule has 2 aromatic heterocycles. The number of benzene rings is 1. The molecule has 0 radical (unpaired) electrons. The standard InChI is InChI=1S/C39H56FN9O13S/c40-12-4-7-29-24-49(48-47-29)25-34(51)41-14-16-60-18-20-62-22-21-61-19-17-59-15-11-33(50)43-28-6-3-5-27(23-28)32-26-63-39(46-32)42-13-2-1-8-30(36(54)55)44-38(58)45-31(37(56)57)9-10-35(52)53/h3,5-6,23-24,26,30-31H,1-2,4,7-22,25H2,(H,41,51)(H,42,46)(H,43,50)(H,52,53)(H,54,55)(H,56,57)(H2,44,45,58)/t30-,31-/m0/s1. The second kappa shape index (κ2) is 30.3. The topological polar surface area (TPSA) is 304 Å². The molecule has 0 unspecified atom stereocenters. The number of carbonyl (C=O) groups is 6. The molecule has 4 amide bonds. The Balaban J connectivity index is 1.18. The van der Waals surface area contributed by atoms with E-state index in [0.29, 0.717) is 107 Å². The summed E-state index contributed by atoms with van der Waals surface area (Å²) in [5.74, 6) is -4.41. The Morgan fingerprint density at radius 2 is 1.44 bits per heavy atom. The van der Waals surface area contributed by atoms with Crippen molar-refractivity contribution in [3.8, 4) is 11.3 Å². The predicted molar refractivity (Wildman–Crippen MR) is 225 cm³/mol. The van der Waals surface area contributed by atoms with Crippen LogP contribution in [0.5, 0.6) is 0 Å². The zero-order chi connectivity index (χ0) is 45.7. The first-order valence-corrected chi connectivity index (χ1v) is 21.2. The Kier molecular flexibility index (Phi) is 24.8. The molecule has 22 nitrogen and oxygen atoms in total. The van der Waals surface area contributed by atoms with Gasteiger partial charge in [-0.25, -0.2) is 24.0 Å². The van der Waals surface area contributed by atoms with Gasteiger partial charge in [0.1, 0.15) is 18.6 Å². The van der Waals surface area contributed by atoms with Gasteiger partial charge in [0.05, 0.1) is 77.3 Å². The van der Waals surface area contributed by atoms with Crippen LogP contribution in [-0.4, -0.2) is 156 Å². The molecule has 348 valence electrons. The van der Waals surface area contributed by atoms with E-state index in [4.69, 9.17) is 24.1 Å². The third kappa shape index (κ3) is 22.7. The third-order valence-corrected chi connectivity index (χ3v) is 9.41. The fourth-order valence-electron chi connectivity index (χ4n) is 5.45. The van der Waals surface area contributed by atoms with Crippen molar-refractivity contribution < 1.29 is 67.4 Å². The van der Waals surface area contributed by atoms with Gasteiger partial charge in [-0.2, -0.15) is 0 Å². The van der Waals surface area contributed by atoms with E-state index in [1.807, 2.05) is 11.4 Å². The highest BCUT2D eigenvalue weighted by molar-refractivity contribution is 7.14. The van der Waals surface area contributed by atoms with Crippen molar-refractivity contribution in [3.63, 3.8) is 0 Å². The lowest BCUT2D eigenvalue weighted by atomic mass is 10.1. The smallest absolute Gasteiger partial charge is 0.326 e. The van der Waals surface area contributed by atoms with E-state index in [-0.39, 0.29) is 44.2 Å². The number of anilines is 2. The average Bonchev–Trinajstić information content (AvgIpc) is 3.92. The lowest BCUT2D eigenvalue weighted by Gasteiger charge is -2.18. The number of carboxylic acids is 3. The van der Waals surface area contributed by atoms with Crippen LogP contribution < -0.4 is 26.6 Å². The first-order valence-electron chi connectivity index (χ1n) is 20.3. The van der Waals surface area contributed by atoms with Crippen molar-refractivity contribution in [1.29, 1.82) is 0 Å². The number of aliphatic carboxylic acids is 3. The largest absolute Gasteiger partial charge is 0.481 e. The van der Waals surface area contributed by atoms with Crippen molar-refractivity contribution in [3.05, 3.63) is 41.5 Å². The lowest BCUT2D eigenvalue weighted by molar-refractivity contribution is -0.141. The lowest BCUT2D eigenvalue weighted by Crippen LogP contribution is -2.51. The molecule has 8 N–H and O–H groups in total. The zero-order valence-corrected chi connectivity index (χ0v) is 35.6. The molecule has 0 saturated carbocycles. The van der Waals surface area contributed by atoms with Crippen molar-refractivity contribution >= 4 is 57.9 Å². The van der Waals surface area contributed by atoms with Crippen LogP contribution >= 0.6 is 11.3 Å². The highest BCUT2D eigenvalue weighted by atomic mass is 32.1. The first kappa shape index (κ1) is 51.5. The van der Waals surface area contributed by atoms with Crippen LogP contribution in [0.2, 0.25) is 0 Å². The second-order valence-electron chi connectivity index (χ2n) is 13.7.